The number of alkyl halides is 3. The van der Waals surface area contributed by atoms with Crippen LogP contribution in [0.25, 0.3) is 0 Å². The van der Waals surface area contributed by atoms with Crippen LogP contribution in [0, 0.1) is 13.8 Å². The van der Waals surface area contributed by atoms with Crippen molar-refractivity contribution in [1.82, 2.24) is 19.1 Å². The molecule has 3 aliphatic rings. The highest BCUT2D eigenvalue weighted by molar-refractivity contribution is 7.89. The van der Waals surface area contributed by atoms with Gasteiger partial charge in [-0.15, -0.1) is 0 Å². The number of esters is 1. The van der Waals surface area contributed by atoms with Gasteiger partial charge in [0.05, 0.1) is 31.8 Å². The third-order valence-electron chi connectivity index (χ3n) is 8.37. The molecule has 248 valence electrons. The van der Waals surface area contributed by atoms with Gasteiger partial charge < -0.3 is 23.5 Å². The highest BCUT2D eigenvalue weighted by Crippen LogP contribution is 2.37. The minimum atomic E-state index is -5.14. The molecule has 0 unspecified atom stereocenters. The topological polar surface area (TPSA) is 132 Å². The van der Waals surface area contributed by atoms with Gasteiger partial charge in [-0.3, -0.25) is 9.69 Å². The van der Waals surface area contributed by atoms with Crippen molar-refractivity contribution in [3.63, 3.8) is 0 Å². The molecule has 2 aromatic rings. The average molecular weight is 659 g/mol. The number of aromatic nitrogens is 1. The Labute approximate surface area is 259 Å². The van der Waals surface area contributed by atoms with E-state index >= 15 is 0 Å². The van der Waals surface area contributed by atoms with Crippen LogP contribution in [0.4, 0.5) is 13.2 Å². The van der Waals surface area contributed by atoms with Gasteiger partial charge in [-0.1, -0.05) is 0 Å². The smallest absolute Gasteiger partial charge is 0.490 e. The van der Waals surface area contributed by atoms with Crippen molar-refractivity contribution in [2.24, 2.45) is 0 Å². The number of methoxy groups -OCH3 is 1. The van der Waals surface area contributed by atoms with Gasteiger partial charge in [-0.25, -0.2) is 18.2 Å². The van der Waals surface area contributed by atoms with E-state index < -0.39 is 33.7 Å². The summed E-state index contributed by atoms with van der Waals surface area (Å²) in [6.45, 7) is 5.17. The first-order valence-corrected chi connectivity index (χ1v) is 16.2. The number of sulfonamides is 1. The Hall–Kier alpha value is -3.21. The highest BCUT2D eigenvalue weighted by Gasteiger charge is 2.49. The number of carbonyl (C=O) groups excluding carboxylic acids is 2. The predicted molar refractivity (Wildman–Crippen MR) is 152 cm³/mol. The number of piperidine rings is 1. The Morgan fingerprint density at radius 2 is 1.71 bits per heavy atom. The van der Waals surface area contributed by atoms with Crippen molar-refractivity contribution in [2.75, 3.05) is 53.0 Å². The molecule has 0 bridgehead atoms. The Balaban J connectivity index is 1.28. The summed E-state index contributed by atoms with van der Waals surface area (Å²) >= 11 is 0. The second-order valence-electron chi connectivity index (χ2n) is 11.7. The molecule has 3 heterocycles. The molecule has 1 aromatic heterocycles. The van der Waals surface area contributed by atoms with E-state index in [0.717, 1.165) is 6.26 Å². The summed E-state index contributed by atoms with van der Waals surface area (Å²) in [6, 6.07) is 3.08. The molecule has 1 saturated carbocycles. The first-order valence-electron chi connectivity index (χ1n) is 14.7. The van der Waals surface area contributed by atoms with E-state index in [1.807, 2.05) is 4.90 Å². The Kier molecular flexibility index (Phi) is 9.50. The number of amides is 1. The van der Waals surface area contributed by atoms with Crippen molar-refractivity contribution in [2.45, 2.75) is 68.8 Å². The zero-order valence-electron chi connectivity index (χ0n) is 25.4. The highest BCUT2D eigenvalue weighted by atomic mass is 32.2. The minimum Gasteiger partial charge on any atom is -0.497 e. The maximum absolute atomic E-state index is 13.8. The predicted octanol–water partition coefficient (Wildman–Crippen LogP) is 3.07. The number of rotatable bonds is 10. The summed E-state index contributed by atoms with van der Waals surface area (Å²) in [6.07, 6.45) is -2.64. The molecule has 2 saturated heterocycles. The van der Waals surface area contributed by atoms with E-state index in [0.29, 0.717) is 56.0 Å². The van der Waals surface area contributed by atoms with Crippen LogP contribution in [-0.4, -0.2) is 110 Å². The van der Waals surface area contributed by atoms with Crippen LogP contribution >= 0.6 is 0 Å². The standard InChI is InChI=1S/C29H37F3N4O8S/c1-19-14-22(41-3)15-20(2)25(19)45(39,40)36(21-4-5-21)16-24-33-23(17-43-24)26(37)35-8-6-28(7-9-35,44-27(38)29(30,31)32)18-34-10-12-42-13-11-34/h14-15,17,21H,4-13,16,18H2,1-3H3. The largest absolute Gasteiger partial charge is 0.497 e. The maximum atomic E-state index is 13.8. The van der Waals surface area contributed by atoms with Gasteiger partial charge in [0, 0.05) is 51.6 Å². The molecular formula is C29H37F3N4O8S. The van der Waals surface area contributed by atoms with Gasteiger partial charge in [0.25, 0.3) is 5.91 Å². The maximum Gasteiger partial charge on any atom is 0.490 e. The molecule has 5 rings (SSSR count). The minimum absolute atomic E-state index is 0.00308. The van der Waals surface area contributed by atoms with Gasteiger partial charge in [-0.2, -0.15) is 17.5 Å². The number of oxazole rings is 1. The molecule has 1 aliphatic carbocycles. The van der Waals surface area contributed by atoms with Gasteiger partial charge in [0.2, 0.25) is 15.9 Å². The number of benzene rings is 1. The lowest BCUT2D eigenvalue weighted by atomic mass is 9.89. The third-order valence-corrected chi connectivity index (χ3v) is 10.6. The van der Waals surface area contributed by atoms with Crippen LogP contribution in [0.5, 0.6) is 5.75 Å². The fourth-order valence-corrected chi connectivity index (χ4v) is 7.98. The fraction of sp³-hybridized carbons (Fsp3) is 0.621. The number of halogens is 3. The zero-order valence-corrected chi connectivity index (χ0v) is 26.2. The van der Waals surface area contributed by atoms with Crippen LogP contribution in [0.3, 0.4) is 0 Å². The molecule has 45 heavy (non-hydrogen) atoms. The van der Waals surface area contributed by atoms with Crippen molar-refractivity contribution in [3.05, 3.63) is 41.1 Å². The van der Waals surface area contributed by atoms with E-state index in [1.165, 1.54) is 16.3 Å². The molecule has 3 fully saturated rings. The normalized spacial score (nSPS) is 19.5. The van der Waals surface area contributed by atoms with E-state index in [4.69, 9.17) is 18.6 Å². The molecule has 16 heteroatoms. The van der Waals surface area contributed by atoms with E-state index in [2.05, 4.69) is 4.98 Å². The molecule has 1 aromatic carbocycles. The first-order chi connectivity index (χ1) is 21.2. The number of likely N-dealkylation sites (tertiary alicyclic amines) is 1. The van der Waals surface area contributed by atoms with Gasteiger partial charge in [0.1, 0.15) is 17.6 Å². The van der Waals surface area contributed by atoms with Crippen LogP contribution in [0.2, 0.25) is 0 Å². The van der Waals surface area contributed by atoms with Crippen molar-refractivity contribution in [3.8, 4) is 5.75 Å². The third kappa shape index (κ3) is 7.45. The van der Waals surface area contributed by atoms with Crippen molar-refractivity contribution in [1.29, 1.82) is 0 Å². The van der Waals surface area contributed by atoms with Crippen LogP contribution in [0.15, 0.2) is 27.7 Å². The summed E-state index contributed by atoms with van der Waals surface area (Å²) in [7, 11) is -2.44. The van der Waals surface area contributed by atoms with Gasteiger partial charge in [-0.05, 0) is 49.9 Å². The summed E-state index contributed by atoms with van der Waals surface area (Å²) < 4.78 is 89.5. The van der Waals surface area contributed by atoms with E-state index in [-0.39, 0.29) is 61.5 Å². The first kappa shape index (κ1) is 33.2. The second kappa shape index (κ2) is 12.9. The lowest BCUT2D eigenvalue weighted by Gasteiger charge is -2.44. The number of nitrogens with zero attached hydrogens (tertiary/aromatic N) is 4. The van der Waals surface area contributed by atoms with E-state index in [9.17, 15) is 31.2 Å². The molecule has 0 radical (unpaired) electrons. The number of ether oxygens (including phenoxy) is 3. The van der Waals surface area contributed by atoms with Crippen LogP contribution in [0.1, 0.15) is 53.2 Å². The molecule has 1 amide bonds. The molecular weight excluding hydrogens is 621 g/mol. The molecule has 0 atom stereocenters. The molecule has 12 nitrogen and oxygen atoms in total. The summed E-state index contributed by atoms with van der Waals surface area (Å²) in [5.41, 5.74) is -0.400. The van der Waals surface area contributed by atoms with Gasteiger partial charge >= 0.3 is 12.1 Å². The summed E-state index contributed by atoms with van der Waals surface area (Å²) in [5, 5.41) is 0. The van der Waals surface area contributed by atoms with Crippen LogP contribution in [-0.2, 0) is 30.8 Å². The number of carbonyl (C=O) groups is 2. The van der Waals surface area contributed by atoms with Crippen molar-refractivity contribution < 1.29 is 49.8 Å². The number of morpholine rings is 1. The fourth-order valence-electron chi connectivity index (χ4n) is 5.93. The van der Waals surface area contributed by atoms with Gasteiger partial charge in [0.15, 0.2) is 5.69 Å². The average Bonchev–Trinajstić information content (AvgIpc) is 3.71. The summed E-state index contributed by atoms with van der Waals surface area (Å²) in [5.74, 6) is -2.19. The Morgan fingerprint density at radius 3 is 2.27 bits per heavy atom. The molecule has 0 spiro atoms. The Bertz CT molecular complexity index is 1490. The molecule has 2 aliphatic heterocycles. The number of hydrogen-bond acceptors (Lipinski definition) is 10. The molecule has 0 N–H and O–H groups in total. The SMILES string of the molecule is COc1cc(C)c(S(=O)(=O)N(Cc2nc(C(=O)N3CCC(CN4CCOCC4)(OC(=O)C(F)(F)F)CC3)co2)C2CC2)c(C)c1. The summed E-state index contributed by atoms with van der Waals surface area (Å²) in [4.78, 5) is 33.0. The number of hydrogen-bond donors (Lipinski definition) is 0. The number of aryl methyl sites for hydroxylation is 2. The zero-order chi connectivity index (χ0) is 32.6. The monoisotopic (exact) mass is 658 g/mol. The lowest BCUT2D eigenvalue weighted by molar-refractivity contribution is -0.219. The quantitative estimate of drug-likeness (QED) is 0.351. The van der Waals surface area contributed by atoms with Crippen LogP contribution < -0.4 is 4.74 Å². The van der Waals surface area contributed by atoms with E-state index in [1.54, 1.807) is 26.0 Å². The Morgan fingerprint density at radius 1 is 1.09 bits per heavy atom. The lowest BCUT2D eigenvalue weighted by Crippen LogP contribution is -2.56. The second-order valence-corrected chi connectivity index (χ2v) is 13.6. The van der Waals surface area contributed by atoms with Crippen molar-refractivity contribution >= 4 is 21.9 Å².